The number of benzene rings is 1. The molecule has 0 amide bonds. The third-order valence-corrected chi connectivity index (χ3v) is 2.96. The molecule has 0 aliphatic heterocycles. The highest BCUT2D eigenvalue weighted by Crippen LogP contribution is 2.15. The molecule has 0 saturated heterocycles. The second-order valence-corrected chi connectivity index (χ2v) is 4.79. The minimum absolute atomic E-state index is 0.491. The Morgan fingerprint density at radius 1 is 1.53 bits per heavy atom. The summed E-state index contributed by atoms with van der Waals surface area (Å²) in [5.41, 5.74) is 2.68. The van der Waals surface area contributed by atoms with Gasteiger partial charge in [0.05, 0.1) is 0 Å². The number of nitrogens with one attached hydrogen (secondary N) is 1. The van der Waals surface area contributed by atoms with Crippen LogP contribution in [0.1, 0.15) is 24.5 Å². The summed E-state index contributed by atoms with van der Waals surface area (Å²) in [7, 11) is 0. The van der Waals surface area contributed by atoms with Crippen molar-refractivity contribution in [1.29, 1.82) is 0 Å². The molecule has 0 aliphatic carbocycles. The van der Waals surface area contributed by atoms with E-state index in [2.05, 4.69) is 59.9 Å². The van der Waals surface area contributed by atoms with Gasteiger partial charge in [0.2, 0.25) is 0 Å². The van der Waals surface area contributed by atoms with Crippen molar-refractivity contribution in [3.63, 3.8) is 0 Å². The molecule has 1 unspecified atom stereocenters. The Labute approximate surface area is 101 Å². The molecule has 1 aromatic rings. The zero-order chi connectivity index (χ0) is 11.3. The fourth-order valence-corrected chi connectivity index (χ4v) is 1.95. The van der Waals surface area contributed by atoms with Crippen LogP contribution in [0.3, 0.4) is 0 Å². The van der Waals surface area contributed by atoms with Crippen LogP contribution in [0, 0.1) is 6.92 Å². The summed E-state index contributed by atoms with van der Waals surface area (Å²) in [5.74, 6) is 0. The van der Waals surface area contributed by atoms with Crippen LogP contribution >= 0.6 is 15.9 Å². The van der Waals surface area contributed by atoms with Crippen LogP contribution in [0.25, 0.3) is 0 Å². The molecule has 1 aromatic carbocycles. The molecule has 1 rings (SSSR count). The molecule has 2 heteroatoms. The van der Waals surface area contributed by atoms with Crippen molar-refractivity contribution in [3.05, 3.63) is 46.5 Å². The molecule has 0 bridgehead atoms. The summed E-state index contributed by atoms with van der Waals surface area (Å²) in [6.45, 7) is 8.98. The number of hydrogen-bond acceptors (Lipinski definition) is 1. The van der Waals surface area contributed by atoms with E-state index in [0.29, 0.717) is 6.04 Å². The molecule has 0 spiro atoms. The van der Waals surface area contributed by atoms with Crippen molar-refractivity contribution in [3.8, 4) is 0 Å². The first-order valence-electron chi connectivity index (χ1n) is 5.22. The molecule has 0 aliphatic rings. The van der Waals surface area contributed by atoms with Gasteiger partial charge in [0, 0.05) is 17.1 Å². The Balaban J connectivity index is 2.54. The molecule has 0 heterocycles. The van der Waals surface area contributed by atoms with Crippen molar-refractivity contribution in [2.75, 3.05) is 0 Å². The Morgan fingerprint density at radius 3 is 2.87 bits per heavy atom. The first kappa shape index (κ1) is 12.5. The fourth-order valence-electron chi connectivity index (χ4n) is 1.48. The van der Waals surface area contributed by atoms with Crippen LogP contribution in [0.15, 0.2) is 35.3 Å². The minimum atomic E-state index is 0.491. The lowest BCUT2D eigenvalue weighted by atomic mass is 10.1. The van der Waals surface area contributed by atoms with Gasteiger partial charge in [-0.1, -0.05) is 28.1 Å². The molecule has 0 fully saturated rings. The zero-order valence-corrected chi connectivity index (χ0v) is 11.0. The maximum Gasteiger partial charge on any atom is 0.0210 e. The van der Waals surface area contributed by atoms with Gasteiger partial charge in [0.25, 0.3) is 0 Å². The van der Waals surface area contributed by atoms with E-state index in [-0.39, 0.29) is 0 Å². The van der Waals surface area contributed by atoms with Crippen LogP contribution in [-0.4, -0.2) is 6.04 Å². The maximum absolute atomic E-state index is 3.74. The molecule has 1 N–H and O–H groups in total. The Morgan fingerprint density at radius 2 is 2.27 bits per heavy atom. The highest BCUT2D eigenvalue weighted by Gasteiger charge is 2.01. The number of hydrogen-bond donors (Lipinski definition) is 1. The lowest BCUT2D eigenvalue weighted by Crippen LogP contribution is -2.25. The van der Waals surface area contributed by atoms with Gasteiger partial charge >= 0.3 is 0 Å². The van der Waals surface area contributed by atoms with Crippen LogP contribution in [0.4, 0.5) is 0 Å². The van der Waals surface area contributed by atoms with E-state index in [9.17, 15) is 0 Å². The molecule has 0 saturated carbocycles. The predicted octanol–water partition coefficient (Wildman–Crippen LogP) is 3.81. The van der Waals surface area contributed by atoms with E-state index < -0.39 is 0 Å². The summed E-state index contributed by atoms with van der Waals surface area (Å²) in [4.78, 5) is 0. The molecular formula is C13H18BrN. The summed E-state index contributed by atoms with van der Waals surface area (Å²) in [5, 5.41) is 3.47. The quantitative estimate of drug-likeness (QED) is 0.801. The SMILES string of the molecule is C=CCC(C)NCc1ccc(Br)cc1C. The second kappa shape index (κ2) is 6.09. The lowest BCUT2D eigenvalue weighted by molar-refractivity contribution is 0.553. The van der Waals surface area contributed by atoms with Crippen LogP contribution < -0.4 is 5.32 Å². The summed E-state index contributed by atoms with van der Waals surface area (Å²) in [6.07, 6.45) is 2.96. The molecule has 1 nitrogen and oxygen atoms in total. The van der Waals surface area contributed by atoms with E-state index in [1.807, 2.05) is 6.08 Å². The largest absolute Gasteiger partial charge is 0.310 e. The monoisotopic (exact) mass is 267 g/mol. The Kier molecular flexibility index (Phi) is 5.06. The molecule has 1 atom stereocenters. The highest BCUT2D eigenvalue weighted by molar-refractivity contribution is 9.10. The van der Waals surface area contributed by atoms with Gasteiger partial charge in [-0.05, 0) is 43.5 Å². The van der Waals surface area contributed by atoms with Crippen molar-refractivity contribution in [2.24, 2.45) is 0 Å². The van der Waals surface area contributed by atoms with Gasteiger partial charge in [0.15, 0.2) is 0 Å². The maximum atomic E-state index is 3.74. The van der Waals surface area contributed by atoms with Crippen molar-refractivity contribution in [2.45, 2.75) is 32.9 Å². The third kappa shape index (κ3) is 4.18. The second-order valence-electron chi connectivity index (χ2n) is 3.88. The Bertz CT molecular complexity index is 333. The van der Waals surface area contributed by atoms with E-state index in [4.69, 9.17) is 0 Å². The minimum Gasteiger partial charge on any atom is -0.310 e. The molecule has 15 heavy (non-hydrogen) atoms. The fraction of sp³-hybridized carbons (Fsp3) is 0.385. The lowest BCUT2D eigenvalue weighted by Gasteiger charge is -2.13. The van der Waals surface area contributed by atoms with Gasteiger partial charge in [-0.2, -0.15) is 0 Å². The summed E-state index contributed by atoms with van der Waals surface area (Å²) >= 11 is 3.47. The van der Waals surface area contributed by atoms with Gasteiger partial charge in [-0.3, -0.25) is 0 Å². The van der Waals surface area contributed by atoms with Gasteiger partial charge in [-0.15, -0.1) is 6.58 Å². The standard InChI is InChI=1S/C13H18BrN/c1-4-5-11(3)15-9-12-6-7-13(14)8-10(12)2/h4,6-8,11,15H,1,5,9H2,2-3H3. The normalized spacial score (nSPS) is 12.5. The van der Waals surface area contributed by atoms with Gasteiger partial charge in [-0.25, -0.2) is 0 Å². The van der Waals surface area contributed by atoms with Crippen molar-refractivity contribution < 1.29 is 0 Å². The molecule has 0 aromatic heterocycles. The number of rotatable bonds is 5. The van der Waals surface area contributed by atoms with Crippen molar-refractivity contribution >= 4 is 15.9 Å². The van der Waals surface area contributed by atoms with Gasteiger partial charge in [0.1, 0.15) is 0 Å². The highest BCUT2D eigenvalue weighted by atomic mass is 79.9. The molecular weight excluding hydrogens is 250 g/mol. The van der Waals surface area contributed by atoms with E-state index in [0.717, 1.165) is 17.4 Å². The molecule has 82 valence electrons. The van der Waals surface area contributed by atoms with E-state index in [1.165, 1.54) is 11.1 Å². The first-order chi connectivity index (χ1) is 7.13. The smallest absolute Gasteiger partial charge is 0.0210 e. The summed E-state index contributed by atoms with van der Waals surface area (Å²) < 4.78 is 1.14. The zero-order valence-electron chi connectivity index (χ0n) is 9.39. The first-order valence-corrected chi connectivity index (χ1v) is 6.02. The van der Waals surface area contributed by atoms with E-state index >= 15 is 0 Å². The number of halogens is 1. The third-order valence-electron chi connectivity index (χ3n) is 2.47. The van der Waals surface area contributed by atoms with Gasteiger partial charge < -0.3 is 5.32 Å². The predicted molar refractivity (Wildman–Crippen MR) is 70.0 cm³/mol. The van der Waals surface area contributed by atoms with Crippen LogP contribution in [0.2, 0.25) is 0 Å². The molecule has 0 radical (unpaired) electrons. The summed E-state index contributed by atoms with van der Waals surface area (Å²) in [6, 6.07) is 6.88. The van der Waals surface area contributed by atoms with E-state index in [1.54, 1.807) is 0 Å². The average Bonchev–Trinajstić information content (AvgIpc) is 2.17. The Hall–Kier alpha value is -0.600. The average molecular weight is 268 g/mol. The van der Waals surface area contributed by atoms with Crippen LogP contribution in [0.5, 0.6) is 0 Å². The topological polar surface area (TPSA) is 12.0 Å². The van der Waals surface area contributed by atoms with Crippen molar-refractivity contribution in [1.82, 2.24) is 5.32 Å². The van der Waals surface area contributed by atoms with Crippen LogP contribution in [-0.2, 0) is 6.54 Å². The number of aryl methyl sites for hydroxylation is 1.